The van der Waals surface area contributed by atoms with E-state index in [1.807, 2.05) is 33.7 Å². The Labute approximate surface area is 416 Å². The number of anilines is 3. The van der Waals surface area contributed by atoms with Crippen molar-refractivity contribution in [2.75, 3.05) is 68.8 Å². The van der Waals surface area contributed by atoms with Crippen LogP contribution in [-0.2, 0) is 38.5 Å². The maximum Gasteiger partial charge on any atom is 0.264 e. The van der Waals surface area contributed by atoms with Gasteiger partial charge in [0.25, 0.3) is 18.2 Å². The normalized spacial score (nSPS) is 21.8. The zero-order chi connectivity index (χ0) is 49.4. The molecule has 0 aliphatic carbocycles. The number of carbonyl (C=O) groups is 5. The molecule has 1 atom stereocenters. The predicted octanol–water partition coefficient (Wildman–Crippen LogP) is 6.97. The van der Waals surface area contributed by atoms with Crippen molar-refractivity contribution < 1.29 is 37.5 Å². The van der Waals surface area contributed by atoms with Crippen molar-refractivity contribution in [2.24, 2.45) is 5.92 Å². The van der Waals surface area contributed by atoms with Crippen LogP contribution in [0.25, 0.3) is 16.8 Å². The number of hydrogen-bond acceptors (Lipinski definition) is 11. The molecule has 72 heavy (non-hydrogen) atoms. The van der Waals surface area contributed by atoms with E-state index in [0.717, 1.165) is 134 Å². The van der Waals surface area contributed by atoms with Gasteiger partial charge in [-0.05, 0) is 141 Å². The van der Waals surface area contributed by atoms with E-state index in [1.165, 1.54) is 0 Å². The number of pyridine rings is 1. The first-order valence-corrected chi connectivity index (χ1v) is 25.9. The van der Waals surface area contributed by atoms with Gasteiger partial charge in [-0.2, -0.15) is 5.10 Å². The lowest BCUT2D eigenvalue weighted by atomic mass is 9.83. The van der Waals surface area contributed by atoms with E-state index in [2.05, 4.69) is 35.9 Å². The quantitative estimate of drug-likeness (QED) is 0.152. The summed E-state index contributed by atoms with van der Waals surface area (Å²) in [5.74, 6) is -0.605. The number of fused-ring (bicyclic) bond motifs is 4. The summed E-state index contributed by atoms with van der Waals surface area (Å²) in [6.45, 7) is 9.01. The number of nitrogens with zero attached hydrogens (tertiary/aromatic N) is 9. The van der Waals surface area contributed by atoms with Gasteiger partial charge < -0.3 is 28.7 Å². The number of aryl methyl sites for hydroxylation is 1. The second-order valence-corrected chi connectivity index (χ2v) is 20.9. The molecule has 4 saturated heterocycles. The molecule has 18 heteroatoms. The number of piperidine rings is 3. The number of imidazole rings is 1. The van der Waals surface area contributed by atoms with Gasteiger partial charge in [0.05, 0.1) is 23.7 Å². The summed E-state index contributed by atoms with van der Waals surface area (Å²) >= 11 is 0. The molecule has 1 N–H and O–H groups in total. The van der Waals surface area contributed by atoms with Gasteiger partial charge in [0, 0.05) is 112 Å². The zero-order valence-corrected chi connectivity index (χ0v) is 40.7. The van der Waals surface area contributed by atoms with Gasteiger partial charge in [-0.3, -0.25) is 38.9 Å². The predicted molar refractivity (Wildman–Crippen MR) is 263 cm³/mol. The van der Waals surface area contributed by atoms with Crippen LogP contribution in [0.5, 0.6) is 0 Å². The van der Waals surface area contributed by atoms with Crippen LogP contribution in [-0.4, -0.2) is 128 Å². The molecule has 3 aromatic heterocycles. The molecule has 12 rings (SSSR count). The molecule has 0 radical (unpaired) electrons. The standard InChI is InChI=1S/C54H60F2N10O6/c1-32(67)62-21-12-45-44(31-62)51(59-66(45)36-13-23-72-24-14-36)64-16-2-3-35-25-39(41(50(55)56)27-47(35)64)40-28-48-57-15-22-63(48)30-43(40)34-10-17-60(18-11-34)29-33-8-19-61(20-9-33)37-4-5-38-42(26-37)54(71)65(53(38)70)46-6-7-49(68)58-52(46)69/h4-5,15,22,25-28,30,33-34,36,46,50H,2-3,6-14,16-21,23-24,29,31H2,1H3,(H,58,68,69). The summed E-state index contributed by atoms with van der Waals surface area (Å²) in [5, 5.41) is 7.54. The molecule has 10 heterocycles. The fraction of sp³-hybridized carbons (Fsp3) is 0.500. The minimum Gasteiger partial charge on any atom is -0.381 e. The third-order valence-electron chi connectivity index (χ3n) is 16.7. The Morgan fingerprint density at radius 1 is 0.833 bits per heavy atom. The Kier molecular flexibility index (Phi) is 12.2. The van der Waals surface area contributed by atoms with E-state index >= 15 is 8.78 Å². The van der Waals surface area contributed by atoms with Crippen LogP contribution in [0.2, 0.25) is 0 Å². The van der Waals surface area contributed by atoms with Crippen molar-refractivity contribution in [3.8, 4) is 11.1 Å². The van der Waals surface area contributed by atoms with Crippen molar-refractivity contribution in [3.63, 3.8) is 0 Å². The van der Waals surface area contributed by atoms with Gasteiger partial charge in [0.1, 0.15) is 11.7 Å². The van der Waals surface area contributed by atoms with E-state index in [4.69, 9.17) is 9.84 Å². The van der Waals surface area contributed by atoms with E-state index in [9.17, 15) is 24.0 Å². The Hall–Kier alpha value is -6.53. The highest BCUT2D eigenvalue weighted by Gasteiger charge is 2.45. The van der Waals surface area contributed by atoms with Crippen molar-refractivity contribution in [2.45, 2.75) is 109 Å². The summed E-state index contributed by atoms with van der Waals surface area (Å²) in [4.78, 5) is 78.2. The van der Waals surface area contributed by atoms with Gasteiger partial charge >= 0.3 is 0 Å². The van der Waals surface area contributed by atoms with Gasteiger partial charge in [0.2, 0.25) is 17.7 Å². The number of ether oxygens (including phenoxy) is 1. The summed E-state index contributed by atoms with van der Waals surface area (Å²) in [5.41, 5.74) is 8.51. The monoisotopic (exact) mass is 982 g/mol. The highest BCUT2D eigenvalue weighted by molar-refractivity contribution is 6.23. The van der Waals surface area contributed by atoms with Gasteiger partial charge in [-0.1, -0.05) is 0 Å². The minimum atomic E-state index is -2.72. The van der Waals surface area contributed by atoms with E-state index < -0.39 is 36.1 Å². The molecule has 376 valence electrons. The zero-order valence-electron chi connectivity index (χ0n) is 40.7. The molecule has 4 fully saturated rings. The highest BCUT2D eigenvalue weighted by Crippen LogP contribution is 2.46. The molecule has 5 amide bonds. The number of nitrogens with one attached hydrogen (secondary N) is 1. The summed E-state index contributed by atoms with van der Waals surface area (Å²) in [6, 6.07) is 10.2. The van der Waals surface area contributed by atoms with Crippen molar-refractivity contribution in [1.29, 1.82) is 0 Å². The number of halogens is 2. The molecule has 7 aliphatic rings. The molecule has 0 spiro atoms. The molecule has 16 nitrogen and oxygen atoms in total. The topological polar surface area (TPSA) is 158 Å². The van der Waals surface area contributed by atoms with Gasteiger partial charge in [-0.15, -0.1) is 0 Å². The van der Waals surface area contributed by atoms with Crippen LogP contribution in [0.3, 0.4) is 0 Å². The molecule has 0 saturated carbocycles. The highest BCUT2D eigenvalue weighted by atomic mass is 19.3. The lowest BCUT2D eigenvalue weighted by Crippen LogP contribution is -2.54. The van der Waals surface area contributed by atoms with Crippen molar-refractivity contribution in [1.82, 2.24) is 39.2 Å². The Morgan fingerprint density at radius 3 is 2.39 bits per heavy atom. The minimum absolute atomic E-state index is 0.00106. The van der Waals surface area contributed by atoms with E-state index in [1.54, 1.807) is 31.3 Å². The first-order valence-electron chi connectivity index (χ1n) is 25.9. The van der Waals surface area contributed by atoms with Crippen LogP contribution in [0.4, 0.5) is 26.0 Å². The van der Waals surface area contributed by atoms with Crippen LogP contribution >= 0.6 is 0 Å². The SMILES string of the molecule is CC(=O)N1CCc2c(c(N3CCCc4cc(-c5cc6nccn6cc5C5CCN(CC6CCN(c7ccc8c(c7)C(=O)N(C7CCC(=O)NC7=O)C8=O)CC6)CC5)c(C(F)F)cc43)nn2C2CCOCC2)C1. The molecule has 7 aliphatic heterocycles. The lowest BCUT2D eigenvalue weighted by molar-refractivity contribution is -0.136. The number of hydrogen-bond donors (Lipinski definition) is 1. The Balaban J connectivity index is 0.750. The number of benzene rings is 2. The van der Waals surface area contributed by atoms with Crippen LogP contribution in [0.1, 0.15) is 132 Å². The van der Waals surface area contributed by atoms with Crippen LogP contribution < -0.4 is 15.1 Å². The number of amides is 5. The van der Waals surface area contributed by atoms with Gasteiger partial charge in [-0.25, -0.2) is 13.8 Å². The first-order chi connectivity index (χ1) is 35.0. The van der Waals surface area contributed by atoms with E-state index in [-0.39, 0.29) is 41.8 Å². The third kappa shape index (κ3) is 8.33. The molecular formula is C54H60F2N10O6. The van der Waals surface area contributed by atoms with Crippen LogP contribution in [0.15, 0.2) is 55.0 Å². The fourth-order valence-corrected chi connectivity index (χ4v) is 12.8. The summed E-state index contributed by atoms with van der Waals surface area (Å²) in [6.07, 6.45) is 11.0. The average Bonchev–Trinajstić information content (AvgIpc) is 4.09. The number of aromatic nitrogens is 4. The second kappa shape index (κ2) is 18.8. The molecule has 5 aromatic rings. The first kappa shape index (κ1) is 46.5. The smallest absolute Gasteiger partial charge is 0.264 e. The number of alkyl halides is 2. The molecular weight excluding hydrogens is 923 g/mol. The van der Waals surface area contributed by atoms with Crippen LogP contribution in [0, 0.1) is 5.92 Å². The number of imide groups is 2. The van der Waals surface area contributed by atoms with Crippen molar-refractivity contribution >= 4 is 52.4 Å². The maximum atomic E-state index is 15.7. The Bertz CT molecular complexity index is 3000. The average molecular weight is 983 g/mol. The number of rotatable bonds is 9. The summed E-state index contributed by atoms with van der Waals surface area (Å²) in [7, 11) is 0. The maximum absolute atomic E-state index is 15.7. The molecule has 2 aromatic carbocycles. The second-order valence-electron chi connectivity index (χ2n) is 20.9. The largest absolute Gasteiger partial charge is 0.381 e. The number of likely N-dealkylation sites (tertiary alicyclic amines) is 1. The fourth-order valence-electron chi connectivity index (χ4n) is 12.8. The Morgan fingerprint density at radius 2 is 1.62 bits per heavy atom. The van der Waals surface area contributed by atoms with Crippen molar-refractivity contribution in [3.05, 3.63) is 94.1 Å². The number of carbonyl (C=O) groups excluding carboxylic acids is 5. The molecule has 0 bridgehead atoms. The van der Waals surface area contributed by atoms with Gasteiger partial charge in [0.15, 0.2) is 5.82 Å². The molecule has 1 unspecified atom stereocenters. The van der Waals surface area contributed by atoms with E-state index in [0.29, 0.717) is 62.0 Å². The summed E-state index contributed by atoms with van der Waals surface area (Å²) < 4.78 is 41.3. The lowest BCUT2D eigenvalue weighted by Gasteiger charge is -2.39. The third-order valence-corrected chi connectivity index (χ3v) is 16.7.